The maximum absolute atomic E-state index is 8.36. The van der Waals surface area contributed by atoms with Gasteiger partial charge in [-0.3, -0.25) is 0 Å². The number of hydrogen-bond acceptors (Lipinski definition) is 1. The Balaban J connectivity index is -0.00000000167. The average molecular weight is 396 g/mol. The van der Waals surface area contributed by atoms with Crippen LogP contribution < -0.4 is 0 Å². The summed E-state index contributed by atoms with van der Waals surface area (Å²) < 4.78 is 8.36. The normalized spacial score (nSPS) is 0.800. The second-order valence-electron chi connectivity index (χ2n) is 0. The van der Waals surface area contributed by atoms with Crippen LogP contribution in [0.3, 0.4) is 0 Å². The first-order valence-electron chi connectivity index (χ1n) is 0.183. The van der Waals surface area contributed by atoms with Crippen LogP contribution in [0.25, 0.3) is 0 Å². The molecule has 0 aromatic rings. The van der Waals surface area contributed by atoms with Crippen molar-refractivity contribution in [1.29, 1.82) is 0 Å². The van der Waals surface area contributed by atoms with E-state index >= 15 is 0 Å². The van der Waals surface area contributed by atoms with Gasteiger partial charge in [0.05, 0.1) is 0 Å². The van der Waals surface area contributed by atoms with Crippen molar-refractivity contribution < 1.29 is 49.4 Å². The van der Waals surface area contributed by atoms with Crippen molar-refractivity contribution in [3.63, 3.8) is 0 Å². The van der Waals surface area contributed by atoms with Gasteiger partial charge in [0.15, 0.2) is 0 Å². The second-order valence-corrected chi connectivity index (χ2v) is 0. The molecule has 0 N–H and O–H groups in total. The van der Waals surface area contributed by atoms with Crippen LogP contribution in [0.5, 0.6) is 0 Å². The van der Waals surface area contributed by atoms with Crippen LogP contribution in [0.1, 0.15) is 0 Å². The van der Waals surface area contributed by atoms with Crippen molar-refractivity contribution in [2.75, 3.05) is 0 Å². The molecule has 0 fully saturated rings. The number of hydrogen-bond donors (Lipinski definition) is 0. The van der Waals surface area contributed by atoms with Gasteiger partial charge >= 0.3 is 63.1 Å². The van der Waals surface area contributed by atoms with Crippen molar-refractivity contribution in [3.8, 4) is 0 Å². The molecule has 0 saturated heterocycles. The van der Waals surface area contributed by atoms with E-state index in [1.54, 1.807) is 0 Å². The first-order valence-corrected chi connectivity index (χ1v) is 1.60. The van der Waals surface area contributed by atoms with Gasteiger partial charge in [-0.05, 0) is 0 Å². The van der Waals surface area contributed by atoms with Crippen molar-refractivity contribution >= 4 is 24.7 Å². The van der Waals surface area contributed by atoms with E-state index in [2.05, 4.69) is 0 Å². The van der Waals surface area contributed by atoms with Crippen LogP contribution >= 0.6 is 0 Å². The van der Waals surface area contributed by atoms with Crippen molar-refractivity contribution in [1.82, 2.24) is 0 Å². The molecule has 0 amide bonds. The van der Waals surface area contributed by atoms with E-state index in [0.29, 0.717) is 0 Å². The van der Waals surface area contributed by atoms with Gasteiger partial charge < -0.3 is 11.0 Å². The molecule has 0 rings (SSSR count). The Labute approximate surface area is 73.0 Å². The fourth-order valence-electron chi connectivity index (χ4n) is 0. The molecule has 0 atom stereocenters. The minimum atomic E-state index is 0. The van der Waals surface area contributed by atoms with Crippen LogP contribution in [-0.4, -0.2) is 24.7 Å². The third-order valence-corrected chi connectivity index (χ3v) is 0. The quantitative estimate of drug-likeness (QED) is 0.498. The molecular formula is BiLaO3. The van der Waals surface area contributed by atoms with Crippen LogP contribution in [0.15, 0.2) is 0 Å². The van der Waals surface area contributed by atoms with Gasteiger partial charge in [-0.2, -0.15) is 0 Å². The Morgan fingerprint density at radius 3 is 1.00 bits per heavy atom. The summed E-state index contributed by atoms with van der Waals surface area (Å²) in [7, 11) is 0. The number of rotatable bonds is 0. The summed E-state index contributed by atoms with van der Waals surface area (Å²) in [5.41, 5.74) is 0. The Hall–Kier alpha value is 1.80. The Kier molecular flexibility index (Phi) is 241. The zero-order valence-corrected chi connectivity index (χ0v) is 9.35. The Bertz CT molecular complexity index is 6.85. The van der Waals surface area contributed by atoms with Crippen molar-refractivity contribution in [2.24, 2.45) is 0 Å². The van der Waals surface area contributed by atoms with Crippen LogP contribution in [-0.2, 0) is 13.8 Å². The summed E-state index contributed by atoms with van der Waals surface area (Å²) >= 11 is 0.194. The van der Waals surface area contributed by atoms with Gasteiger partial charge in [-0.15, -0.1) is 0 Å². The fourth-order valence-corrected chi connectivity index (χ4v) is 0. The summed E-state index contributed by atoms with van der Waals surface area (Å²) in [4.78, 5) is 0. The molecule has 0 aliphatic rings. The molecule has 5 heavy (non-hydrogen) atoms. The third kappa shape index (κ3) is 25.9. The molecule has 0 saturated carbocycles. The van der Waals surface area contributed by atoms with E-state index in [-0.39, 0.29) is 71.3 Å². The molecule has 3 nitrogen and oxygen atoms in total. The van der Waals surface area contributed by atoms with E-state index < -0.39 is 0 Å². The zero-order valence-electron chi connectivity index (χ0n) is 2.25. The molecule has 0 spiro atoms. The standard InChI is InChI=1S/Bi.La.3O/q+1;+3;;2*-2. The zero-order chi connectivity index (χ0) is 2.00. The molecule has 0 aliphatic heterocycles. The SMILES string of the molecule is [La+3].[O-2].[O-2].[O]=[Bi+]. The van der Waals surface area contributed by atoms with Gasteiger partial charge in [0, 0.05) is 0 Å². The Morgan fingerprint density at radius 1 is 1.00 bits per heavy atom. The molecule has 26 valence electrons. The molecule has 0 aromatic carbocycles. The third-order valence-electron chi connectivity index (χ3n) is 0. The van der Waals surface area contributed by atoms with E-state index in [1.165, 1.54) is 0 Å². The van der Waals surface area contributed by atoms with Crippen LogP contribution in [0, 0.1) is 35.6 Å². The van der Waals surface area contributed by atoms with Crippen molar-refractivity contribution in [2.45, 2.75) is 0 Å². The molecule has 5 heteroatoms. The molecule has 0 heterocycles. The summed E-state index contributed by atoms with van der Waals surface area (Å²) in [5.74, 6) is 0. The van der Waals surface area contributed by atoms with E-state index in [1.807, 2.05) is 0 Å². The van der Waals surface area contributed by atoms with Gasteiger partial charge in [0.1, 0.15) is 0 Å². The van der Waals surface area contributed by atoms with Gasteiger partial charge in [0.25, 0.3) is 0 Å². The maximum atomic E-state index is 8.36. The molecular weight excluding hydrogens is 396 g/mol. The van der Waals surface area contributed by atoms with Gasteiger partial charge in [-0.1, -0.05) is 0 Å². The first kappa shape index (κ1) is 29.2. The van der Waals surface area contributed by atoms with Gasteiger partial charge in [0.2, 0.25) is 0 Å². The van der Waals surface area contributed by atoms with Gasteiger partial charge in [-0.25, -0.2) is 0 Å². The second kappa shape index (κ2) is 41.3. The summed E-state index contributed by atoms with van der Waals surface area (Å²) in [6, 6.07) is 0. The molecule has 0 aromatic heterocycles. The van der Waals surface area contributed by atoms with E-state index in [0.717, 1.165) is 0 Å². The topological polar surface area (TPSA) is 74.1 Å². The predicted octanol–water partition coefficient (Wildman–Crippen LogP) is -0.737. The Morgan fingerprint density at radius 2 is 1.00 bits per heavy atom. The first-order chi connectivity index (χ1) is 1.00. The summed E-state index contributed by atoms with van der Waals surface area (Å²) in [6.07, 6.45) is 0. The minimum absolute atomic E-state index is 0. The molecule has 0 bridgehead atoms. The molecule has 0 unspecified atom stereocenters. The molecule has 0 aliphatic carbocycles. The fraction of sp³-hybridized carbons (Fsp3) is 0. The van der Waals surface area contributed by atoms with Crippen LogP contribution in [0.4, 0.5) is 0 Å². The van der Waals surface area contributed by atoms with E-state index in [9.17, 15) is 0 Å². The average Bonchev–Trinajstić information content (AvgIpc) is 1.00. The van der Waals surface area contributed by atoms with Crippen molar-refractivity contribution in [3.05, 3.63) is 0 Å². The van der Waals surface area contributed by atoms with Crippen LogP contribution in [0.2, 0.25) is 0 Å². The monoisotopic (exact) mass is 396 g/mol. The van der Waals surface area contributed by atoms with E-state index in [4.69, 9.17) is 2.81 Å². The summed E-state index contributed by atoms with van der Waals surface area (Å²) in [6.45, 7) is 0. The molecule has 2 radical (unpaired) electrons. The predicted molar refractivity (Wildman–Crippen MR) is 7.81 cm³/mol. The summed E-state index contributed by atoms with van der Waals surface area (Å²) in [5, 5.41) is 0.